The minimum Gasteiger partial charge on any atom is -0.497 e. The number of ether oxygens (including phenoxy) is 1. The normalized spacial score (nSPS) is 10.8. The second-order valence-electron chi connectivity index (χ2n) is 6.99. The van der Waals surface area contributed by atoms with Gasteiger partial charge in [0, 0.05) is 22.7 Å². The Bertz CT molecular complexity index is 1250. The maximum absolute atomic E-state index is 12.7. The van der Waals surface area contributed by atoms with Crippen molar-refractivity contribution in [2.24, 2.45) is 0 Å². The van der Waals surface area contributed by atoms with Crippen LogP contribution in [0.15, 0.2) is 77.7 Å². The Hall–Kier alpha value is -3.56. The summed E-state index contributed by atoms with van der Waals surface area (Å²) in [5, 5.41) is 0.581. The lowest BCUT2D eigenvalue weighted by molar-refractivity contribution is -0.121. The minimum atomic E-state index is -3.93. The molecule has 3 rings (SSSR count). The molecule has 2 amide bonds. The molecule has 0 saturated carbocycles. The van der Waals surface area contributed by atoms with Crippen LogP contribution in [0, 0.1) is 0 Å². The van der Waals surface area contributed by atoms with Gasteiger partial charge in [-0.3, -0.25) is 25.2 Å². The molecule has 0 aliphatic carbocycles. The van der Waals surface area contributed by atoms with Gasteiger partial charge in [-0.25, -0.2) is 8.42 Å². The van der Waals surface area contributed by atoms with Gasteiger partial charge in [-0.1, -0.05) is 29.8 Å². The van der Waals surface area contributed by atoms with E-state index in [4.69, 9.17) is 16.3 Å². The Kier molecular flexibility index (Phi) is 7.92. The SMILES string of the molecule is COc1ccc(NS(=O)(=O)c2cccc(C(=O)NNC(=O)CCc3cccc(Cl)c3)c2)cc1. The highest BCUT2D eigenvalue weighted by atomic mass is 35.5. The lowest BCUT2D eigenvalue weighted by atomic mass is 10.1. The predicted octanol–water partition coefficient (Wildman–Crippen LogP) is 3.54. The molecule has 0 atom stereocenters. The van der Waals surface area contributed by atoms with Crippen molar-refractivity contribution >= 4 is 39.1 Å². The third kappa shape index (κ3) is 6.96. The van der Waals surface area contributed by atoms with E-state index in [1.807, 2.05) is 6.07 Å². The Morgan fingerprint density at radius 1 is 0.939 bits per heavy atom. The van der Waals surface area contributed by atoms with Crippen LogP contribution in [0.4, 0.5) is 5.69 Å². The van der Waals surface area contributed by atoms with E-state index in [0.29, 0.717) is 22.9 Å². The largest absolute Gasteiger partial charge is 0.497 e. The van der Waals surface area contributed by atoms with Crippen LogP contribution >= 0.6 is 11.6 Å². The molecule has 0 heterocycles. The molecule has 33 heavy (non-hydrogen) atoms. The van der Waals surface area contributed by atoms with Gasteiger partial charge in [-0.2, -0.15) is 0 Å². The van der Waals surface area contributed by atoms with Crippen LogP contribution in [-0.4, -0.2) is 27.3 Å². The van der Waals surface area contributed by atoms with Gasteiger partial charge >= 0.3 is 0 Å². The number of halogens is 1. The molecule has 3 N–H and O–H groups in total. The first kappa shape index (κ1) is 24.1. The number of hydrazine groups is 1. The van der Waals surface area contributed by atoms with Gasteiger partial charge in [0.05, 0.1) is 12.0 Å². The number of aryl methyl sites for hydroxylation is 1. The standard InChI is InChI=1S/C23H22ClN3O5S/c1-32-20-11-9-19(10-12-20)27-33(30,31)21-7-3-5-17(15-21)23(29)26-25-22(28)13-8-16-4-2-6-18(24)14-16/h2-7,9-12,14-15,27H,8,13H2,1H3,(H,25,28)(H,26,29). The summed E-state index contributed by atoms with van der Waals surface area (Å²) < 4.78 is 32.9. The monoisotopic (exact) mass is 487 g/mol. The summed E-state index contributed by atoms with van der Waals surface area (Å²) in [5.74, 6) is -0.452. The van der Waals surface area contributed by atoms with E-state index in [9.17, 15) is 18.0 Å². The number of amides is 2. The number of hydrogen-bond acceptors (Lipinski definition) is 5. The third-order valence-corrected chi connectivity index (χ3v) is 6.21. The van der Waals surface area contributed by atoms with Crippen molar-refractivity contribution in [1.29, 1.82) is 0 Å². The maximum Gasteiger partial charge on any atom is 0.269 e. The number of methoxy groups -OCH3 is 1. The van der Waals surface area contributed by atoms with Crippen LogP contribution in [0.3, 0.4) is 0 Å². The van der Waals surface area contributed by atoms with Crippen molar-refractivity contribution in [1.82, 2.24) is 10.9 Å². The molecule has 0 radical (unpaired) electrons. The molecule has 0 saturated heterocycles. The van der Waals surface area contributed by atoms with Gasteiger partial charge in [-0.05, 0) is 66.6 Å². The van der Waals surface area contributed by atoms with Gasteiger partial charge in [0.2, 0.25) is 5.91 Å². The first-order valence-electron chi connectivity index (χ1n) is 9.87. The number of rotatable bonds is 8. The lowest BCUT2D eigenvalue weighted by Gasteiger charge is -2.11. The quantitative estimate of drug-likeness (QED) is 0.420. The third-order valence-electron chi connectivity index (χ3n) is 4.59. The number of carbonyl (C=O) groups is 2. The van der Waals surface area contributed by atoms with Crippen LogP contribution in [0.25, 0.3) is 0 Å². The highest BCUT2D eigenvalue weighted by Crippen LogP contribution is 2.20. The topological polar surface area (TPSA) is 114 Å². The van der Waals surface area contributed by atoms with E-state index < -0.39 is 21.8 Å². The van der Waals surface area contributed by atoms with Crippen LogP contribution < -0.4 is 20.3 Å². The molecule has 0 bridgehead atoms. The average molecular weight is 488 g/mol. The van der Waals surface area contributed by atoms with Crippen molar-refractivity contribution in [2.45, 2.75) is 17.7 Å². The van der Waals surface area contributed by atoms with E-state index in [1.165, 1.54) is 31.4 Å². The second kappa shape index (κ2) is 10.8. The molecule has 0 unspecified atom stereocenters. The summed E-state index contributed by atoms with van der Waals surface area (Å²) in [6, 6.07) is 19.0. The summed E-state index contributed by atoms with van der Waals surface area (Å²) in [6.45, 7) is 0. The fourth-order valence-electron chi connectivity index (χ4n) is 2.89. The predicted molar refractivity (Wildman–Crippen MR) is 126 cm³/mol. The van der Waals surface area contributed by atoms with Gasteiger partial charge in [0.15, 0.2) is 0 Å². The smallest absolute Gasteiger partial charge is 0.269 e. The molecule has 10 heteroatoms. The molecule has 0 aliphatic heterocycles. The molecule has 3 aromatic rings. The molecule has 3 aromatic carbocycles. The molecular weight excluding hydrogens is 466 g/mol. The molecule has 172 valence electrons. The summed E-state index contributed by atoms with van der Waals surface area (Å²) in [4.78, 5) is 24.3. The van der Waals surface area contributed by atoms with Crippen molar-refractivity contribution < 1.29 is 22.7 Å². The summed E-state index contributed by atoms with van der Waals surface area (Å²) in [7, 11) is -2.42. The van der Waals surface area contributed by atoms with Gasteiger partial charge in [0.1, 0.15) is 5.75 Å². The van der Waals surface area contributed by atoms with E-state index in [1.54, 1.807) is 42.5 Å². The Labute approximate surface area is 196 Å². The zero-order chi connectivity index (χ0) is 23.8. The zero-order valence-electron chi connectivity index (χ0n) is 17.7. The first-order valence-corrected chi connectivity index (χ1v) is 11.7. The van der Waals surface area contributed by atoms with Gasteiger partial charge < -0.3 is 4.74 Å². The summed E-state index contributed by atoms with van der Waals surface area (Å²) in [6.07, 6.45) is 0.591. The van der Waals surface area contributed by atoms with E-state index >= 15 is 0 Å². The van der Waals surface area contributed by atoms with Crippen molar-refractivity contribution in [3.8, 4) is 5.75 Å². The number of nitrogens with one attached hydrogen (secondary N) is 3. The summed E-state index contributed by atoms with van der Waals surface area (Å²) >= 11 is 5.92. The molecule has 0 spiro atoms. The van der Waals surface area contributed by atoms with Crippen LogP contribution in [0.2, 0.25) is 5.02 Å². The van der Waals surface area contributed by atoms with Gasteiger partial charge in [0.25, 0.3) is 15.9 Å². The number of sulfonamides is 1. The number of benzene rings is 3. The molecular formula is C23H22ClN3O5S. The van der Waals surface area contributed by atoms with Crippen molar-refractivity contribution in [2.75, 3.05) is 11.8 Å². The number of carbonyl (C=O) groups excluding carboxylic acids is 2. The molecule has 0 aliphatic rings. The number of hydrogen-bond donors (Lipinski definition) is 3. The van der Waals surface area contributed by atoms with E-state index in [-0.39, 0.29) is 16.9 Å². The van der Waals surface area contributed by atoms with E-state index in [2.05, 4.69) is 15.6 Å². The molecule has 8 nitrogen and oxygen atoms in total. The first-order chi connectivity index (χ1) is 15.8. The van der Waals surface area contributed by atoms with Crippen molar-refractivity contribution in [3.63, 3.8) is 0 Å². The Morgan fingerprint density at radius 3 is 2.36 bits per heavy atom. The average Bonchev–Trinajstić information content (AvgIpc) is 2.81. The fourth-order valence-corrected chi connectivity index (χ4v) is 4.21. The Balaban J connectivity index is 1.58. The van der Waals surface area contributed by atoms with Crippen molar-refractivity contribution in [3.05, 3.63) is 88.9 Å². The highest BCUT2D eigenvalue weighted by Gasteiger charge is 2.17. The highest BCUT2D eigenvalue weighted by molar-refractivity contribution is 7.92. The number of anilines is 1. The Morgan fingerprint density at radius 2 is 1.67 bits per heavy atom. The zero-order valence-corrected chi connectivity index (χ0v) is 19.2. The molecule has 0 fully saturated rings. The minimum absolute atomic E-state index is 0.0720. The second-order valence-corrected chi connectivity index (χ2v) is 9.11. The van der Waals surface area contributed by atoms with Crippen LogP contribution in [0.1, 0.15) is 22.3 Å². The van der Waals surface area contributed by atoms with E-state index in [0.717, 1.165) is 5.56 Å². The lowest BCUT2D eigenvalue weighted by Crippen LogP contribution is -2.41. The molecule has 0 aromatic heterocycles. The maximum atomic E-state index is 12.7. The fraction of sp³-hybridized carbons (Fsp3) is 0.130. The van der Waals surface area contributed by atoms with Gasteiger partial charge in [-0.15, -0.1) is 0 Å². The van der Waals surface area contributed by atoms with Crippen LogP contribution in [0.5, 0.6) is 5.75 Å². The summed E-state index contributed by atoms with van der Waals surface area (Å²) in [5.41, 5.74) is 5.93. The van der Waals surface area contributed by atoms with Crippen LogP contribution in [-0.2, 0) is 21.2 Å².